The van der Waals surface area contributed by atoms with Crippen molar-refractivity contribution in [2.75, 3.05) is 13.2 Å². The molecule has 2 aliphatic heterocycles. The van der Waals surface area contributed by atoms with Crippen LogP contribution in [0.1, 0.15) is 89.8 Å². The number of nitrogens with one attached hydrogen (secondary N) is 3. The third kappa shape index (κ3) is 11.4. The predicted molar refractivity (Wildman–Crippen MR) is 209 cm³/mol. The molecular weight excluding hydrogens is 715 g/mol. The first-order valence-corrected chi connectivity index (χ1v) is 19.2. The molecule has 3 aromatic rings. The Hall–Kier alpha value is -4.13. The van der Waals surface area contributed by atoms with Crippen LogP contribution >= 0.6 is 23.5 Å². The molecule has 4 heterocycles. The van der Waals surface area contributed by atoms with Crippen LogP contribution in [0.3, 0.4) is 0 Å². The van der Waals surface area contributed by atoms with E-state index in [9.17, 15) is 14.0 Å². The van der Waals surface area contributed by atoms with Gasteiger partial charge in [0.05, 0.1) is 40.8 Å². The standard InChI is InChI=1S/C40H50ClFN6O4S/c1-25(2)24-51-29-20-27(19-28(42)21-29)31-17-15-30(36(41)45-31)37(49)47-53-35-13-10-12-34(46-35)44-33(32-11-8-9-18-43-32)16-14-26-22-40(6,7)48(23-26)38(50)52-39(3,4)5/h8-13,15,17-21,25-26,33-34,44,46H,14,16,22-24H2,1-7H3,(H,47,49). The van der Waals surface area contributed by atoms with Crippen molar-refractivity contribution in [2.24, 2.45) is 11.8 Å². The quantitative estimate of drug-likeness (QED) is 0.116. The van der Waals surface area contributed by atoms with Gasteiger partial charge in [0.15, 0.2) is 0 Å². The molecule has 5 rings (SSSR count). The number of benzene rings is 1. The monoisotopic (exact) mass is 764 g/mol. The van der Waals surface area contributed by atoms with Crippen LogP contribution in [-0.2, 0) is 4.74 Å². The number of carbonyl (C=O) groups is 2. The lowest BCUT2D eigenvalue weighted by Gasteiger charge is -2.33. The Morgan fingerprint density at radius 3 is 2.66 bits per heavy atom. The average Bonchev–Trinajstić information content (AvgIpc) is 3.41. The maximum Gasteiger partial charge on any atom is 0.410 e. The van der Waals surface area contributed by atoms with Gasteiger partial charge in [-0.25, -0.2) is 14.2 Å². The molecule has 0 bridgehead atoms. The highest BCUT2D eigenvalue weighted by Gasteiger charge is 2.43. The first-order valence-electron chi connectivity index (χ1n) is 18.0. The fraction of sp³-hybridized carbons (Fsp3) is 0.450. The van der Waals surface area contributed by atoms with Gasteiger partial charge in [0.25, 0.3) is 5.91 Å². The van der Waals surface area contributed by atoms with E-state index < -0.39 is 17.3 Å². The van der Waals surface area contributed by atoms with E-state index >= 15 is 0 Å². The summed E-state index contributed by atoms with van der Waals surface area (Å²) in [5, 5.41) is 7.84. The summed E-state index contributed by atoms with van der Waals surface area (Å²) >= 11 is 7.60. The van der Waals surface area contributed by atoms with E-state index in [-0.39, 0.29) is 40.5 Å². The number of dihydropyridines is 1. The van der Waals surface area contributed by atoms with Gasteiger partial charge in [-0.15, -0.1) is 0 Å². The Kier molecular flexibility index (Phi) is 13.1. The molecule has 2 amide bonds. The Morgan fingerprint density at radius 1 is 1.17 bits per heavy atom. The summed E-state index contributed by atoms with van der Waals surface area (Å²) in [5.41, 5.74) is 1.17. The number of pyridine rings is 2. The number of ether oxygens (including phenoxy) is 2. The van der Waals surface area contributed by atoms with Crippen molar-refractivity contribution in [1.29, 1.82) is 0 Å². The molecule has 1 aromatic carbocycles. The van der Waals surface area contributed by atoms with Gasteiger partial charge < -0.3 is 19.7 Å². The van der Waals surface area contributed by atoms with E-state index in [1.54, 1.807) is 24.4 Å². The summed E-state index contributed by atoms with van der Waals surface area (Å²) < 4.78 is 28.6. The molecule has 0 radical (unpaired) electrons. The van der Waals surface area contributed by atoms with Crippen LogP contribution in [0.15, 0.2) is 78.0 Å². The highest BCUT2D eigenvalue weighted by molar-refractivity contribution is 8.01. The molecule has 53 heavy (non-hydrogen) atoms. The molecule has 3 unspecified atom stereocenters. The summed E-state index contributed by atoms with van der Waals surface area (Å²) in [6.07, 6.45) is 9.66. The number of hydrogen-bond donors (Lipinski definition) is 3. The summed E-state index contributed by atoms with van der Waals surface area (Å²) in [6, 6.07) is 13.4. The van der Waals surface area contributed by atoms with Crippen molar-refractivity contribution < 1.29 is 23.5 Å². The highest BCUT2D eigenvalue weighted by Crippen LogP contribution is 2.37. The first kappa shape index (κ1) is 40.1. The molecule has 1 fully saturated rings. The number of likely N-dealkylation sites (tertiary alicyclic amines) is 1. The molecule has 0 saturated carbocycles. The Morgan fingerprint density at radius 2 is 1.96 bits per heavy atom. The molecule has 0 spiro atoms. The molecule has 2 aromatic heterocycles. The van der Waals surface area contributed by atoms with E-state index in [1.807, 2.05) is 75.9 Å². The second kappa shape index (κ2) is 17.3. The normalized spacial score (nSPS) is 18.7. The maximum absolute atomic E-state index is 14.4. The second-order valence-electron chi connectivity index (χ2n) is 15.5. The average molecular weight is 765 g/mol. The molecular formula is C40H50ClFN6O4S. The zero-order valence-corrected chi connectivity index (χ0v) is 33.0. The third-order valence-corrected chi connectivity index (χ3v) is 9.86. The number of allylic oxidation sites excluding steroid dienone is 2. The minimum Gasteiger partial charge on any atom is -0.493 e. The zero-order valence-electron chi connectivity index (χ0n) is 31.4. The molecule has 2 aliphatic rings. The summed E-state index contributed by atoms with van der Waals surface area (Å²) in [5.74, 6) is 0.117. The van der Waals surface area contributed by atoms with E-state index in [4.69, 9.17) is 21.1 Å². The van der Waals surface area contributed by atoms with Crippen LogP contribution in [0.5, 0.6) is 5.75 Å². The summed E-state index contributed by atoms with van der Waals surface area (Å²) in [7, 11) is 0. The van der Waals surface area contributed by atoms with Crippen LogP contribution in [0.25, 0.3) is 11.3 Å². The number of halogens is 2. The molecule has 13 heteroatoms. The van der Waals surface area contributed by atoms with Crippen LogP contribution in [0.2, 0.25) is 5.15 Å². The third-order valence-electron chi connectivity index (χ3n) is 8.81. The van der Waals surface area contributed by atoms with Gasteiger partial charge in [0.1, 0.15) is 22.3 Å². The molecule has 0 aliphatic carbocycles. The zero-order chi connectivity index (χ0) is 38.3. The number of aromatic nitrogens is 2. The van der Waals surface area contributed by atoms with Crippen molar-refractivity contribution in [1.82, 2.24) is 30.2 Å². The van der Waals surface area contributed by atoms with Gasteiger partial charge in [-0.2, -0.15) is 0 Å². The molecule has 284 valence electrons. The van der Waals surface area contributed by atoms with Gasteiger partial charge in [0.2, 0.25) is 0 Å². The maximum atomic E-state index is 14.4. The Balaban J connectivity index is 1.17. The van der Waals surface area contributed by atoms with Crippen molar-refractivity contribution in [3.8, 4) is 17.0 Å². The molecule has 3 atom stereocenters. The largest absolute Gasteiger partial charge is 0.493 e. The van der Waals surface area contributed by atoms with Gasteiger partial charge in [-0.05, 0) is 114 Å². The van der Waals surface area contributed by atoms with Crippen LogP contribution < -0.4 is 20.1 Å². The molecule has 3 N–H and O–H groups in total. The van der Waals surface area contributed by atoms with Crippen LogP contribution in [0.4, 0.5) is 9.18 Å². The Labute approximate surface area is 321 Å². The lowest BCUT2D eigenvalue weighted by atomic mass is 9.91. The van der Waals surface area contributed by atoms with Crippen molar-refractivity contribution in [3.63, 3.8) is 0 Å². The van der Waals surface area contributed by atoms with Gasteiger partial charge >= 0.3 is 6.09 Å². The SMILES string of the molecule is CC(C)COc1cc(F)cc(-c2ccc(C(=O)NSC3=CC=CC(NC(CCC4CN(C(=O)OC(C)(C)C)C(C)(C)C4)c4ccccn4)N3)c(Cl)n2)c1. The summed E-state index contributed by atoms with van der Waals surface area (Å²) in [4.78, 5) is 37.1. The topological polar surface area (TPSA) is 118 Å². The summed E-state index contributed by atoms with van der Waals surface area (Å²) in [6.45, 7) is 15.0. The number of nitrogens with zero attached hydrogens (tertiary/aromatic N) is 3. The lowest BCUT2D eigenvalue weighted by molar-refractivity contribution is 0.0130. The highest BCUT2D eigenvalue weighted by atomic mass is 35.5. The van der Waals surface area contributed by atoms with Crippen molar-refractivity contribution >= 4 is 35.5 Å². The van der Waals surface area contributed by atoms with Crippen molar-refractivity contribution in [2.45, 2.75) is 91.1 Å². The predicted octanol–water partition coefficient (Wildman–Crippen LogP) is 8.82. The smallest absolute Gasteiger partial charge is 0.410 e. The number of rotatable bonds is 13. The fourth-order valence-corrected chi connectivity index (χ4v) is 7.26. The van der Waals surface area contributed by atoms with Crippen molar-refractivity contribution in [3.05, 3.63) is 100 Å². The minimum atomic E-state index is -0.552. The van der Waals surface area contributed by atoms with Gasteiger partial charge in [0, 0.05) is 41.9 Å². The van der Waals surface area contributed by atoms with Crippen LogP contribution in [0, 0.1) is 17.7 Å². The fourth-order valence-electron chi connectivity index (χ4n) is 6.38. The van der Waals surface area contributed by atoms with Gasteiger partial charge in [-0.3, -0.25) is 19.8 Å². The van der Waals surface area contributed by atoms with E-state index in [1.165, 1.54) is 12.1 Å². The Bertz CT molecular complexity index is 1820. The number of amides is 2. The second-order valence-corrected chi connectivity index (χ2v) is 16.7. The van der Waals surface area contributed by atoms with E-state index in [0.29, 0.717) is 36.1 Å². The lowest BCUT2D eigenvalue weighted by Crippen LogP contribution is -2.45. The van der Waals surface area contributed by atoms with E-state index in [2.05, 4.69) is 39.2 Å². The van der Waals surface area contributed by atoms with Crippen LogP contribution in [-0.4, -0.2) is 57.3 Å². The minimum absolute atomic E-state index is 0.00222. The number of carbonyl (C=O) groups excluding carboxylic acids is 2. The number of hydrogen-bond acceptors (Lipinski definition) is 9. The molecule has 1 saturated heterocycles. The molecule has 10 nitrogen and oxygen atoms in total. The first-order chi connectivity index (χ1) is 25.1. The van der Waals surface area contributed by atoms with Gasteiger partial charge in [-0.1, -0.05) is 37.6 Å². The van der Waals surface area contributed by atoms with E-state index in [0.717, 1.165) is 41.9 Å².